The molecule has 0 aliphatic carbocycles. The van der Waals surface area contributed by atoms with E-state index in [4.69, 9.17) is 4.74 Å². The fraction of sp³-hybridized carbons (Fsp3) is 0.500. The minimum Gasteiger partial charge on any atom is -0.376 e. The zero-order chi connectivity index (χ0) is 21.0. The van der Waals surface area contributed by atoms with Gasteiger partial charge in [0.25, 0.3) is 5.91 Å². The zero-order valence-corrected chi connectivity index (χ0v) is 17.2. The number of carbonyl (C=O) groups excluding carboxylic acids is 3. The molecule has 4 heterocycles. The first-order chi connectivity index (χ1) is 14.4. The lowest BCUT2D eigenvalue weighted by atomic mass is 9.87. The summed E-state index contributed by atoms with van der Waals surface area (Å²) in [6, 6.07) is 6.62. The summed E-state index contributed by atoms with van der Waals surface area (Å²) in [5, 5.41) is 3.92. The molecule has 158 valence electrons. The predicted molar refractivity (Wildman–Crippen MR) is 110 cm³/mol. The average Bonchev–Trinajstić information content (AvgIpc) is 3.44. The Hall–Kier alpha value is -2.87. The summed E-state index contributed by atoms with van der Waals surface area (Å²) in [7, 11) is 0. The summed E-state index contributed by atoms with van der Waals surface area (Å²) in [4.78, 5) is 45.6. The first-order valence-corrected chi connectivity index (χ1v) is 10.6. The lowest BCUT2D eigenvalue weighted by Gasteiger charge is -2.36. The third-order valence-corrected chi connectivity index (χ3v) is 6.79. The molecule has 2 saturated heterocycles. The monoisotopic (exact) mass is 410 g/mol. The fourth-order valence-electron chi connectivity index (χ4n) is 5.04. The summed E-state index contributed by atoms with van der Waals surface area (Å²) in [6.07, 6.45) is 2.57. The van der Waals surface area contributed by atoms with Crippen LogP contribution in [0.3, 0.4) is 0 Å². The first-order valence-electron chi connectivity index (χ1n) is 10.6. The third kappa shape index (κ3) is 2.59. The number of imide groups is 1. The molecule has 5 rings (SSSR count). The highest BCUT2D eigenvalue weighted by Gasteiger charge is 2.60. The van der Waals surface area contributed by atoms with E-state index in [1.165, 1.54) is 0 Å². The molecule has 2 aromatic rings. The van der Waals surface area contributed by atoms with Gasteiger partial charge in [0, 0.05) is 30.6 Å². The van der Waals surface area contributed by atoms with E-state index in [9.17, 15) is 14.4 Å². The molecular weight excluding hydrogens is 384 g/mol. The van der Waals surface area contributed by atoms with Gasteiger partial charge in [0.15, 0.2) is 5.54 Å². The molecule has 8 heteroatoms. The maximum Gasteiger partial charge on any atom is 0.328 e. The summed E-state index contributed by atoms with van der Waals surface area (Å²) < 4.78 is 5.54. The van der Waals surface area contributed by atoms with Crippen molar-refractivity contribution >= 4 is 28.7 Å². The number of aromatic nitrogens is 1. The molecule has 3 atom stereocenters. The highest BCUT2D eigenvalue weighted by molar-refractivity contribution is 6.10. The molecule has 1 aromatic heterocycles. The van der Waals surface area contributed by atoms with Crippen LogP contribution >= 0.6 is 0 Å². The summed E-state index contributed by atoms with van der Waals surface area (Å²) in [5.41, 5.74) is 1.64. The van der Waals surface area contributed by atoms with Crippen molar-refractivity contribution in [2.24, 2.45) is 0 Å². The van der Waals surface area contributed by atoms with Gasteiger partial charge in [-0.25, -0.2) is 9.69 Å². The molecule has 0 radical (unpaired) electrons. The summed E-state index contributed by atoms with van der Waals surface area (Å²) in [5.74, 6) is -0.702. The maximum atomic E-state index is 13.6. The van der Waals surface area contributed by atoms with Crippen molar-refractivity contribution in [2.75, 3.05) is 19.7 Å². The number of para-hydroxylation sites is 1. The van der Waals surface area contributed by atoms with E-state index < -0.39 is 17.6 Å². The van der Waals surface area contributed by atoms with Crippen LogP contribution in [0.1, 0.15) is 37.9 Å². The number of rotatable bonds is 4. The molecule has 4 amide bonds. The molecule has 2 N–H and O–H groups in total. The second-order valence-electron chi connectivity index (χ2n) is 8.51. The molecule has 3 aliphatic heterocycles. The molecule has 30 heavy (non-hydrogen) atoms. The molecular formula is C22H26N4O4. The molecule has 8 nitrogen and oxygen atoms in total. The topological polar surface area (TPSA) is 94.7 Å². The van der Waals surface area contributed by atoms with Gasteiger partial charge in [-0.05, 0) is 44.7 Å². The Balaban J connectivity index is 1.43. The predicted octanol–water partition coefficient (Wildman–Crippen LogP) is 1.89. The number of H-pyrrole nitrogens is 1. The van der Waals surface area contributed by atoms with Gasteiger partial charge >= 0.3 is 6.03 Å². The fourth-order valence-corrected chi connectivity index (χ4v) is 5.04. The van der Waals surface area contributed by atoms with Crippen LogP contribution < -0.4 is 5.32 Å². The number of aromatic amines is 1. The molecule has 1 aromatic carbocycles. The minimum absolute atomic E-state index is 0.00360. The van der Waals surface area contributed by atoms with Gasteiger partial charge in [-0.1, -0.05) is 18.2 Å². The Morgan fingerprint density at radius 1 is 1.37 bits per heavy atom. The van der Waals surface area contributed by atoms with Gasteiger partial charge in [-0.15, -0.1) is 0 Å². The van der Waals surface area contributed by atoms with Crippen LogP contribution in [-0.4, -0.2) is 64.5 Å². The molecule has 0 saturated carbocycles. The number of nitrogens with one attached hydrogen (secondary N) is 2. The molecule has 0 bridgehead atoms. The Labute approximate surface area is 174 Å². The number of hydrogen-bond donors (Lipinski definition) is 2. The number of ether oxygens (including phenoxy) is 1. The Morgan fingerprint density at radius 3 is 2.93 bits per heavy atom. The highest BCUT2D eigenvalue weighted by atomic mass is 16.5. The average molecular weight is 410 g/mol. The number of urea groups is 1. The van der Waals surface area contributed by atoms with Crippen molar-refractivity contribution in [1.82, 2.24) is 20.1 Å². The summed E-state index contributed by atoms with van der Waals surface area (Å²) >= 11 is 0. The number of nitrogens with zero attached hydrogens (tertiary/aromatic N) is 2. The standard InChI is InChI=1S/C22H26N4O4/c1-13(19(27)23-12-14-6-5-11-30-14)26-20(28)22(2)18-16(9-10-25(22)21(26)29)15-7-3-4-8-17(15)24-18/h3-4,7-8,13-14,24H,5-6,9-12H2,1-2H3,(H,23,27)/t13-,14+,22-/m0/s1. The van der Waals surface area contributed by atoms with Gasteiger partial charge in [-0.2, -0.15) is 0 Å². The molecule has 2 fully saturated rings. The highest BCUT2D eigenvalue weighted by Crippen LogP contribution is 2.44. The largest absolute Gasteiger partial charge is 0.376 e. The van der Waals surface area contributed by atoms with E-state index in [1.807, 2.05) is 24.3 Å². The van der Waals surface area contributed by atoms with E-state index in [2.05, 4.69) is 10.3 Å². The zero-order valence-electron chi connectivity index (χ0n) is 17.2. The van der Waals surface area contributed by atoms with Gasteiger partial charge in [0.05, 0.1) is 11.8 Å². The quantitative estimate of drug-likeness (QED) is 0.753. The number of benzene rings is 1. The Bertz CT molecular complexity index is 1040. The minimum atomic E-state index is -1.13. The maximum absolute atomic E-state index is 13.6. The number of fused-ring (bicyclic) bond motifs is 5. The molecule has 0 unspecified atom stereocenters. The summed E-state index contributed by atoms with van der Waals surface area (Å²) in [6.45, 7) is 4.93. The first kappa shape index (κ1) is 19.1. The van der Waals surface area contributed by atoms with E-state index in [0.29, 0.717) is 26.1 Å². The lowest BCUT2D eigenvalue weighted by Crippen LogP contribution is -2.50. The number of amides is 4. The van der Waals surface area contributed by atoms with Crippen LogP contribution in [0.5, 0.6) is 0 Å². The van der Waals surface area contributed by atoms with Crippen LogP contribution in [0, 0.1) is 0 Å². The molecule has 3 aliphatic rings. The third-order valence-electron chi connectivity index (χ3n) is 6.79. The van der Waals surface area contributed by atoms with Crippen LogP contribution in [0.15, 0.2) is 24.3 Å². The lowest BCUT2D eigenvalue weighted by molar-refractivity contribution is -0.139. The van der Waals surface area contributed by atoms with Crippen LogP contribution in [0.4, 0.5) is 4.79 Å². The number of hydrogen-bond acceptors (Lipinski definition) is 4. The Kier molecular flexibility index (Phi) is 4.36. The van der Waals surface area contributed by atoms with Crippen LogP contribution in [-0.2, 0) is 26.3 Å². The van der Waals surface area contributed by atoms with Crippen LogP contribution in [0.25, 0.3) is 10.9 Å². The van der Waals surface area contributed by atoms with E-state index in [-0.39, 0.29) is 17.9 Å². The molecule has 0 spiro atoms. The van der Waals surface area contributed by atoms with Crippen molar-refractivity contribution in [3.8, 4) is 0 Å². The van der Waals surface area contributed by atoms with E-state index >= 15 is 0 Å². The van der Waals surface area contributed by atoms with E-state index in [0.717, 1.165) is 39.9 Å². The number of carbonyl (C=O) groups is 3. The SMILES string of the molecule is C[C@@H](C(=O)NC[C@H]1CCCO1)N1C(=O)N2CCc3c([nH]c4ccccc34)[C@@]2(C)C1=O. The van der Waals surface area contributed by atoms with Crippen molar-refractivity contribution in [3.63, 3.8) is 0 Å². The van der Waals surface area contributed by atoms with Gasteiger partial charge in [0.2, 0.25) is 5.91 Å². The van der Waals surface area contributed by atoms with Gasteiger partial charge in [0.1, 0.15) is 6.04 Å². The second-order valence-corrected chi connectivity index (χ2v) is 8.51. The van der Waals surface area contributed by atoms with Crippen molar-refractivity contribution in [1.29, 1.82) is 0 Å². The van der Waals surface area contributed by atoms with Gasteiger partial charge in [-0.3, -0.25) is 9.59 Å². The Morgan fingerprint density at radius 2 is 2.17 bits per heavy atom. The van der Waals surface area contributed by atoms with Crippen molar-refractivity contribution in [2.45, 2.75) is 50.8 Å². The van der Waals surface area contributed by atoms with E-state index in [1.54, 1.807) is 18.7 Å². The van der Waals surface area contributed by atoms with Crippen LogP contribution in [0.2, 0.25) is 0 Å². The van der Waals surface area contributed by atoms with Crippen molar-refractivity contribution < 1.29 is 19.1 Å². The normalized spacial score (nSPS) is 26.8. The van der Waals surface area contributed by atoms with Gasteiger partial charge < -0.3 is 19.9 Å². The second kappa shape index (κ2) is 6.84. The smallest absolute Gasteiger partial charge is 0.328 e. The van der Waals surface area contributed by atoms with Crippen molar-refractivity contribution in [3.05, 3.63) is 35.5 Å².